The number of rotatable bonds is 2. The van der Waals surface area contributed by atoms with E-state index in [-0.39, 0.29) is 5.91 Å². The Morgan fingerprint density at radius 1 is 1.44 bits per heavy atom. The second-order valence-corrected chi connectivity index (χ2v) is 5.43. The van der Waals surface area contributed by atoms with Gasteiger partial charge in [-0.2, -0.15) is 0 Å². The van der Waals surface area contributed by atoms with Crippen LogP contribution in [0.5, 0.6) is 0 Å². The molecule has 1 aromatic rings. The molecule has 1 aliphatic heterocycles. The summed E-state index contributed by atoms with van der Waals surface area (Å²) in [5.41, 5.74) is 6.88. The molecule has 2 N–H and O–H groups in total. The van der Waals surface area contributed by atoms with Crippen LogP contribution in [0.15, 0.2) is 30.3 Å². The maximum absolute atomic E-state index is 12.2. The zero-order valence-corrected chi connectivity index (χ0v) is 11.1. The average Bonchev–Trinajstić information content (AvgIpc) is 2.75. The Morgan fingerprint density at radius 3 is 2.69 bits per heavy atom. The molecule has 86 valence electrons. The van der Waals surface area contributed by atoms with Crippen molar-refractivity contribution < 1.29 is 4.79 Å². The summed E-state index contributed by atoms with van der Waals surface area (Å²) < 4.78 is 0.305. The van der Waals surface area contributed by atoms with Gasteiger partial charge in [-0.25, -0.2) is 0 Å². The Morgan fingerprint density at radius 2 is 2.12 bits per heavy atom. The summed E-state index contributed by atoms with van der Waals surface area (Å²) in [4.78, 5) is 14.0. The summed E-state index contributed by atoms with van der Waals surface area (Å²) in [6, 6.07) is 9.04. The van der Waals surface area contributed by atoms with Gasteiger partial charge in [0.15, 0.2) is 0 Å². The molecule has 0 radical (unpaired) electrons. The molecule has 3 nitrogen and oxygen atoms in total. The lowest BCUT2D eigenvalue weighted by molar-refractivity contribution is -0.131. The van der Waals surface area contributed by atoms with E-state index in [1.807, 2.05) is 35.2 Å². The zero-order valence-electron chi connectivity index (χ0n) is 8.97. The van der Waals surface area contributed by atoms with Gasteiger partial charge in [-0.15, -0.1) is 0 Å². The van der Waals surface area contributed by atoms with E-state index in [0.717, 1.165) is 24.9 Å². The summed E-state index contributed by atoms with van der Waals surface area (Å²) in [6.45, 7) is 0.840. The van der Waals surface area contributed by atoms with E-state index in [1.165, 1.54) is 0 Å². The first-order valence-electron chi connectivity index (χ1n) is 5.45. The number of carbonyl (C=O) groups excluding carboxylic acids is 1. The number of carbonyl (C=O) groups is 1. The number of halogens is 1. The van der Waals surface area contributed by atoms with Gasteiger partial charge in [-0.3, -0.25) is 4.79 Å². The van der Waals surface area contributed by atoms with Crippen molar-refractivity contribution in [2.75, 3.05) is 6.54 Å². The standard InChI is InChI=1S/C12H15IN2O/c13-10-7-4-8-15(10)12(16)11(14)9-5-2-1-3-6-9/h1-3,5-6,10-11H,4,7-8,14H2. The zero-order chi connectivity index (χ0) is 11.5. The van der Waals surface area contributed by atoms with Crippen LogP contribution in [0.2, 0.25) is 0 Å². The fourth-order valence-corrected chi connectivity index (χ4v) is 2.95. The number of benzene rings is 1. The lowest BCUT2D eigenvalue weighted by Crippen LogP contribution is -2.39. The Labute approximate surface area is 109 Å². The normalized spacial score (nSPS) is 22.1. The van der Waals surface area contributed by atoms with E-state index in [1.54, 1.807) is 0 Å². The summed E-state index contributed by atoms with van der Waals surface area (Å²) in [5, 5.41) is 0. The number of amides is 1. The third kappa shape index (κ3) is 2.38. The predicted octanol–water partition coefficient (Wildman–Crippen LogP) is 2.07. The Kier molecular flexibility index (Phi) is 3.81. The summed E-state index contributed by atoms with van der Waals surface area (Å²) in [5.74, 6) is 0.0445. The molecule has 2 atom stereocenters. The number of hydrogen-bond donors (Lipinski definition) is 1. The van der Waals surface area contributed by atoms with E-state index in [0.29, 0.717) is 4.05 Å². The van der Waals surface area contributed by atoms with E-state index in [4.69, 9.17) is 5.73 Å². The van der Waals surface area contributed by atoms with Crippen molar-refractivity contribution >= 4 is 28.5 Å². The van der Waals surface area contributed by atoms with Crippen LogP contribution in [-0.2, 0) is 4.79 Å². The highest BCUT2D eigenvalue weighted by Crippen LogP contribution is 2.25. The summed E-state index contributed by atoms with van der Waals surface area (Å²) in [6.07, 6.45) is 2.16. The van der Waals surface area contributed by atoms with Gasteiger partial charge in [0.1, 0.15) is 6.04 Å². The minimum absolute atomic E-state index is 0.0445. The summed E-state index contributed by atoms with van der Waals surface area (Å²) >= 11 is 2.31. The fourth-order valence-electron chi connectivity index (χ4n) is 1.96. The van der Waals surface area contributed by atoms with Crippen LogP contribution in [0.3, 0.4) is 0 Å². The molecule has 0 aromatic heterocycles. The van der Waals surface area contributed by atoms with Gasteiger partial charge >= 0.3 is 0 Å². The first kappa shape index (κ1) is 11.9. The van der Waals surface area contributed by atoms with Gasteiger partial charge in [0.25, 0.3) is 0 Å². The second kappa shape index (κ2) is 5.14. The first-order chi connectivity index (χ1) is 7.70. The maximum atomic E-state index is 12.2. The molecular weight excluding hydrogens is 315 g/mol. The van der Waals surface area contributed by atoms with Gasteiger partial charge < -0.3 is 10.6 Å². The van der Waals surface area contributed by atoms with Crippen LogP contribution < -0.4 is 5.73 Å². The van der Waals surface area contributed by atoms with Crippen molar-refractivity contribution in [3.63, 3.8) is 0 Å². The van der Waals surface area contributed by atoms with Crippen LogP contribution in [0, 0.1) is 0 Å². The third-order valence-electron chi connectivity index (χ3n) is 2.89. The first-order valence-corrected chi connectivity index (χ1v) is 6.70. The largest absolute Gasteiger partial charge is 0.329 e. The van der Waals surface area contributed by atoms with Crippen LogP contribution in [-0.4, -0.2) is 21.4 Å². The highest BCUT2D eigenvalue weighted by Gasteiger charge is 2.30. The third-order valence-corrected chi connectivity index (χ3v) is 4.18. The number of nitrogens with two attached hydrogens (primary N) is 1. The molecule has 16 heavy (non-hydrogen) atoms. The van der Waals surface area contributed by atoms with Gasteiger partial charge in [0.05, 0.1) is 4.05 Å². The lowest BCUT2D eigenvalue weighted by atomic mass is 10.1. The molecule has 2 unspecified atom stereocenters. The Balaban J connectivity index is 2.10. The van der Waals surface area contributed by atoms with E-state index >= 15 is 0 Å². The molecule has 1 saturated heterocycles. The molecule has 0 saturated carbocycles. The molecule has 0 aliphatic carbocycles. The van der Waals surface area contributed by atoms with E-state index in [2.05, 4.69) is 22.6 Å². The Bertz CT molecular complexity index is 369. The quantitative estimate of drug-likeness (QED) is 0.513. The highest BCUT2D eigenvalue weighted by atomic mass is 127. The SMILES string of the molecule is NC(C(=O)N1CCCC1I)c1ccccc1. The van der Waals surface area contributed by atoms with Crippen molar-refractivity contribution in [3.8, 4) is 0 Å². The predicted molar refractivity (Wildman–Crippen MR) is 72.1 cm³/mol. The number of likely N-dealkylation sites (tertiary alicyclic amines) is 1. The molecule has 2 rings (SSSR count). The lowest BCUT2D eigenvalue weighted by Gasteiger charge is -2.24. The van der Waals surface area contributed by atoms with Crippen molar-refractivity contribution in [3.05, 3.63) is 35.9 Å². The molecule has 1 aliphatic rings. The second-order valence-electron chi connectivity index (χ2n) is 4.00. The van der Waals surface area contributed by atoms with Crippen LogP contribution in [0.25, 0.3) is 0 Å². The molecular formula is C12H15IN2O. The highest BCUT2D eigenvalue weighted by molar-refractivity contribution is 14.1. The van der Waals surface area contributed by atoms with Crippen molar-refractivity contribution in [2.45, 2.75) is 22.9 Å². The fraction of sp³-hybridized carbons (Fsp3) is 0.417. The molecule has 0 spiro atoms. The van der Waals surface area contributed by atoms with Crippen molar-refractivity contribution in [1.82, 2.24) is 4.90 Å². The van der Waals surface area contributed by atoms with Gasteiger partial charge in [-0.05, 0) is 18.4 Å². The van der Waals surface area contributed by atoms with Gasteiger partial charge in [0, 0.05) is 6.54 Å². The molecule has 1 aromatic carbocycles. The van der Waals surface area contributed by atoms with Crippen LogP contribution in [0.4, 0.5) is 0 Å². The molecule has 4 heteroatoms. The molecule has 1 heterocycles. The van der Waals surface area contributed by atoms with Gasteiger partial charge in [-0.1, -0.05) is 52.9 Å². The van der Waals surface area contributed by atoms with E-state index in [9.17, 15) is 4.79 Å². The maximum Gasteiger partial charge on any atom is 0.244 e. The molecule has 0 bridgehead atoms. The monoisotopic (exact) mass is 330 g/mol. The van der Waals surface area contributed by atoms with Crippen LogP contribution >= 0.6 is 22.6 Å². The topological polar surface area (TPSA) is 46.3 Å². The number of hydrogen-bond acceptors (Lipinski definition) is 2. The molecule has 1 fully saturated rings. The minimum Gasteiger partial charge on any atom is -0.329 e. The van der Waals surface area contributed by atoms with Crippen molar-refractivity contribution in [2.24, 2.45) is 5.73 Å². The smallest absolute Gasteiger partial charge is 0.244 e. The van der Waals surface area contributed by atoms with Gasteiger partial charge in [0.2, 0.25) is 5.91 Å². The molecule has 1 amide bonds. The number of nitrogens with zero attached hydrogens (tertiary/aromatic N) is 1. The minimum atomic E-state index is -0.517. The Hall–Kier alpha value is -0.620. The van der Waals surface area contributed by atoms with Crippen LogP contribution in [0.1, 0.15) is 24.4 Å². The van der Waals surface area contributed by atoms with E-state index < -0.39 is 6.04 Å². The summed E-state index contributed by atoms with van der Waals surface area (Å²) in [7, 11) is 0. The average molecular weight is 330 g/mol. The van der Waals surface area contributed by atoms with Crippen molar-refractivity contribution in [1.29, 1.82) is 0 Å². The number of alkyl halides is 1.